The molecule has 0 spiro atoms. The Morgan fingerprint density at radius 3 is 2.87 bits per heavy atom. The van der Waals surface area contributed by atoms with Gasteiger partial charge in [0.05, 0.1) is 0 Å². The van der Waals surface area contributed by atoms with Crippen molar-refractivity contribution in [1.29, 1.82) is 0 Å². The van der Waals surface area contributed by atoms with Gasteiger partial charge < -0.3 is 5.32 Å². The third-order valence-electron chi connectivity index (χ3n) is 2.39. The molecule has 1 atom stereocenters. The lowest BCUT2D eigenvalue weighted by atomic mass is 10.0. The average molecular weight is 209 g/mol. The highest BCUT2D eigenvalue weighted by Gasteiger charge is 2.03. The molecule has 0 bridgehead atoms. The van der Waals surface area contributed by atoms with Gasteiger partial charge in [0.25, 0.3) is 0 Å². The predicted molar refractivity (Wildman–Crippen MR) is 62.4 cm³/mol. The van der Waals surface area contributed by atoms with Gasteiger partial charge in [-0.25, -0.2) is 4.39 Å². The first-order valence-corrected chi connectivity index (χ1v) is 5.67. The molecule has 1 unspecified atom stereocenters. The minimum absolute atomic E-state index is 0.138. The van der Waals surface area contributed by atoms with Crippen LogP contribution < -0.4 is 5.32 Å². The molecule has 0 aliphatic heterocycles. The number of hydrogen-bond acceptors (Lipinski definition) is 1. The van der Waals surface area contributed by atoms with Crippen LogP contribution in [0.25, 0.3) is 0 Å². The van der Waals surface area contributed by atoms with Crippen molar-refractivity contribution in [2.75, 3.05) is 13.1 Å². The van der Waals surface area contributed by atoms with Gasteiger partial charge in [-0.2, -0.15) is 0 Å². The van der Waals surface area contributed by atoms with Crippen LogP contribution in [0.2, 0.25) is 0 Å². The Balaban J connectivity index is 2.34. The van der Waals surface area contributed by atoms with Crippen LogP contribution in [0, 0.1) is 11.7 Å². The van der Waals surface area contributed by atoms with Crippen LogP contribution in [0.3, 0.4) is 0 Å². The van der Waals surface area contributed by atoms with E-state index < -0.39 is 0 Å². The molecule has 1 aromatic carbocycles. The molecule has 15 heavy (non-hydrogen) atoms. The van der Waals surface area contributed by atoms with Crippen LogP contribution in [0.5, 0.6) is 0 Å². The van der Waals surface area contributed by atoms with Crippen molar-refractivity contribution < 1.29 is 4.39 Å². The molecule has 0 heterocycles. The lowest BCUT2D eigenvalue weighted by molar-refractivity contribution is 0.509. The van der Waals surface area contributed by atoms with Gasteiger partial charge >= 0.3 is 0 Å². The fraction of sp³-hybridized carbons (Fsp3) is 0.538. The van der Waals surface area contributed by atoms with Gasteiger partial charge in [0.15, 0.2) is 0 Å². The molecule has 1 nitrogen and oxygen atoms in total. The zero-order chi connectivity index (χ0) is 11.1. The number of hydrogen-bond donors (Lipinski definition) is 1. The minimum Gasteiger partial charge on any atom is -0.316 e. The number of rotatable bonds is 6. The van der Waals surface area contributed by atoms with Crippen molar-refractivity contribution in [3.05, 3.63) is 35.6 Å². The number of halogens is 1. The van der Waals surface area contributed by atoms with Gasteiger partial charge in [-0.05, 0) is 49.5 Å². The minimum atomic E-state index is -0.138. The van der Waals surface area contributed by atoms with Gasteiger partial charge in [0.1, 0.15) is 5.82 Å². The summed E-state index contributed by atoms with van der Waals surface area (Å²) in [7, 11) is 0. The molecule has 1 aromatic rings. The molecule has 84 valence electrons. The Kier molecular flexibility index (Phi) is 5.33. The van der Waals surface area contributed by atoms with Crippen molar-refractivity contribution in [2.45, 2.75) is 26.7 Å². The van der Waals surface area contributed by atoms with Gasteiger partial charge in [-0.1, -0.05) is 26.0 Å². The SMILES string of the molecule is CCCNCC(C)Cc1cccc(F)c1. The van der Waals surface area contributed by atoms with Crippen molar-refractivity contribution in [3.63, 3.8) is 0 Å². The highest BCUT2D eigenvalue weighted by molar-refractivity contribution is 5.16. The van der Waals surface area contributed by atoms with E-state index >= 15 is 0 Å². The summed E-state index contributed by atoms with van der Waals surface area (Å²) < 4.78 is 12.9. The molecule has 0 aliphatic carbocycles. The van der Waals surface area contributed by atoms with Crippen LogP contribution >= 0.6 is 0 Å². The third kappa shape index (κ3) is 4.93. The highest BCUT2D eigenvalue weighted by Crippen LogP contribution is 2.09. The lowest BCUT2D eigenvalue weighted by Gasteiger charge is -2.12. The quantitative estimate of drug-likeness (QED) is 0.710. The Hall–Kier alpha value is -0.890. The van der Waals surface area contributed by atoms with Gasteiger partial charge in [-0.3, -0.25) is 0 Å². The Bertz CT molecular complexity index is 286. The summed E-state index contributed by atoms with van der Waals surface area (Å²) in [5.41, 5.74) is 1.08. The maximum Gasteiger partial charge on any atom is 0.123 e. The summed E-state index contributed by atoms with van der Waals surface area (Å²) in [5.74, 6) is 0.416. The van der Waals surface area contributed by atoms with Gasteiger partial charge in [0, 0.05) is 0 Å². The van der Waals surface area contributed by atoms with E-state index in [1.165, 1.54) is 6.07 Å². The molecule has 0 saturated heterocycles. The Morgan fingerprint density at radius 1 is 1.40 bits per heavy atom. The molecule has 0 saturated carbocycles. The van der Waals surface area contributed by atoms with E-state index in [2.05, 4.69) is 19.2 Å². The summed E-state index contributed by atoms with van der Waals surface area (Å²) in [4.78, 5) is 0. The highest BCUT2D eigenvalue weighted by atomic mass is 19.1. The summed E-state index contributed by atoms with van der Waals surface area (Å²) in [6.07, 6.45) is 2.10. The first kappa shape index (κ1) is 12.2. The van der Waals surface area contributed by atoms with Crippen molar-refractivity contribution in [2.24, 2.45) is 5.92 Å². The van der Waals surface area contributed by atoms with E-state index in [-0.39, 0.29) is 5.82 Å². The summed E-state index contributed by atoms with van der Waals surface area (Å²) in [6.45, 7) is 6.41. The second-order valence-corrected chi connectivity index (χ2v) is 4.14. The molecular weight excluding hydrogens is 189 g/mol. The lowest BCUT2D eigenvalue weighted by Crippen LogP contribution is -2.23. The molecule has 0 fully saturated rings. The number of benzene rings is 1. The summed E-state index contributed by atoms with van der Waals surface area (Å²) >= 11 is 0. The molecule has 0 radical (unpaired) electrons. The van der Waals surface area contributed by atoms with Gasteiger partial charge in [-0.15, -0.1) is 0 Å². The molecule has 2 heteroatoms. The number of nitrogens with one attached hydrogen (secondary N) is 1. The Morgan fingerprint density at radius 2 is 2.20 bits per heavy atom. The predicted octanol–water partition coefficient (Wildman–Crippen LogP) is 3.00. The fourth-order valence-corrected chi connectivity index (χ4v) is 1.66. The van der Waals surface area contributed by atoms with Crippen molar-refractivity contribution >= 4 is 0 Å². The smallest absolute Gasteiger partial charge is 0.123 e. The van der Waals surface area contributed by atoms with Crippen LogP contribution in [-0.4, -0.2) is 13.1 Å². The fourth-order valence-electron chi connectivity index (χ4n) is 1.66. The first-order chi connectivity index (χ1) is 7.22. The van der Waals surface area contributed by atoms with E-state index in [0.717, 1.165) is 31.5 Å². The topological polar surface area (TPSA) is 12.0 Å². The van der Waals surface area contributed by atoms with E-state index in [0.29, 0.717) is 5.92 Å². The maximum absolute atomic E-state index is 12.9. The largest absolute Gasteiger partial charge is 0.316 e. The normalized spacial score (nSPS) is 12.7. The molecule has 0 aromatic heterocycles. The summed E-state index contributed by atoms with van der Waals surface area (Å²) in [6, 6.07) is 6.87. The van der Waals surface area contributed by atoms with Gasteiger partial charge in [0.2, 0.25) is 0 Å². The third-order valence-corrected chi connectivity index (χ3v) is 2.39. The molecule has 1 rings (SSSR count). The summed E-state index contributed by atoms with van der Waals surface area (Å²) in [5, 5.41) is 3.38. The van der Waals surface area contributed by atoms with Crippen LogP contribution in [0.1, 0.15) is 25.8 Å². The van der Waals surface area contributed by atoms with Crippen molar-refractivity contribution in [1.82, 2.24) is 5.32 Å². The molecule has 1 N–H and O–H groups in total. The first-order valence-electron chi connectivity index (χ1n) is 5.67. The van der Waals surface area contributed by atoms with E-state index in [1.807, 2.05) is 6.07 Å². The van der Waals surface area contributed by atoms with Crippen LogP contribution in [0.15, 0.2) is 24.3 Å². The average Bonchev–Trinajstić information content (AvgIpc) is 2.18. The monoisotopic (exact) mass is 209 g/mol. The maximum atomic E-state index is 12.9. The van der Waals surface area contributed by atoms with E-state index in [1.54, 1.807) is 12.1 Å². The second kappa shape index (κ2) is 6.57. The molecule has 0 aliphatic rings. The molecule has 0 amide bonds. The zero-order valence-corrected chi connectivity index (χ0v) is 9.59. The van der Waals surface area contributed by atoms with Crippen LogP contribution in [0.4, 0.5) is 4.39 Å². The zero-order valence-electron chi connectivity index (χ0n) is 9.59. The van der Waals surface area contributed by atoms with Crippen LogP contribution in [-0.2, 0) is 6.42 Å². The second-order valence-electron chi connectivity index (χ2n) is 4.14. The Labute approximate surface area is 91.7 Å². The van der Waals surface area contributed by atoms with E-state index in [4.69, 9.17) is 0 Å². The molecular formula is C13H20FN. The standard InChI is InChI=1S/C13H20FN/c1-3-7-15-10-11(2)8-12-5-4-6-13(14)9-12/h4-6,9,11,15H,3,7-8,10H2,1-2H3. The van der Waals surface area contributed by atoms with E-state index in [9.17, 15) is 4.39 Å². The van der Waals surface area contributed by atoms with Crippen molar-refractivity contribution in [3.8, 4) is 0 Å².